The Morgan fingerprint density at radius 1 is 1.23 bits per heavy atom. The molecule has 0 saturated heterocycles. The highest BCUT2D eigenvalue weighted by Crippen LogP contribution is 2.34. The summed E-state index contributed by atoms with van der Waals surface area (Å²) in [6, 6.07) is 7.95. The zero-order valence-electron chi connectivity index (χ0n) is 11.7. The van der Waals surface area contributed by atoms with Gasteiger partial charge in [0.25, 0.3) is 5.56 Å². The fraction of sp³-hybridized carbons (Fsp3) is 0.176. The van der Waals surface area contributed by atoms with Gasteiger partial charge in [-0.15, -0.1) is 11.3 Å². The molecule has 0 aliphatic heterocycles. The molecular weight excluding hydrogens is 360 g/mol. The first kappa shape index (κ1) is 13.9. The van der Waals surface area contributed by atoms with Crippen LogP contribution in [-0.2, 0) is 12.8 Å². The Kier molecular flexibility index (Phi) is 3.47. The van der Waals surface area contributed by atoms with Crippen molar-refractivity contribution < 1.29 is 0 Å². The topological polar surface area (TPSA) is 45.8 Å². The molecule has 110 valence electrons. The first-order valence-electron chi connectivity index (χ1n) is 7.19. The summed E-state index contributed by atoms with van der Waals surface area (Å²) < 4.78 is 1.02. The quantitative estimate of drug-likeness (QED) is 0.724. The number of fused-ring (bicyclic) bond motifs is 3. The molecule has 1 aliphatic carbocycles. The Labute approximate surface area is 139 Å². The standard InChI is InChI=1S/C17H13BrN2OS/c18-12-6-2-1-4-10(12)8-9-14-19-16(21)15-11-5-3-7-13(11)22-17(15)20-14/h1-2,4,6,8-9H,3,5,7H2,(H,19,20,21)/b9-8+. The zero-order chi connectivity index (χ0) is 15.1. The van der Waals surface area contributed by atoms with Gasteiger partial charge in [-0.3, -0.25) is 4.79 Å². The number of aromatic nitrogens is 2. The second-order valence-corrected chi connectivity index (χ2v) is 7.28. The molecular formula is C17H13BrN2OS. The monoisotopic (exact) mass is 372 g/mol. The third-order valence-corrected chi connectivity index (χ3v) is 5.83. The summed E-state index contributed by atoms with van der Waals surface area (Å²) in [6.45, 7) is 0. The van der Waals surface area contributed by atoms with E-state index in [1.54, 1.807) is 11.3 Å². The van der Waals surface area contributed by atoms with E-state index in [1.807, 2.05) is 36.4 Å². The van der Waals surface area contributed by atoms with Crippen LogP contribution in [0.4, 0.5) is 0 Å². The van der Waals surface area contributed by atoms with Crippen molar-refractivity contribution >= 4 is 49.6 Å². The van der Waals surface area contributed by atoms with E-state index in [2.05, 4.69) is 25.9 Å². The van der Waals surface area contributed by atoms with Gasteiger partial charge in [-0.2, -0.15) is 0 Å². The molecule has 0 spiro atoms. The van der Waals surface area contributed by atoms with Crippen LogP contribution >= 0.6 is 27.3 Å². The Morgan fingerprint density at radius 3 is 2.95 bits per heavy atom. The van der Waals surface area contributed by atoms with E-state index in [4.69, 9.17) is 0 Å². The van der Waals surface area contributed by atoms with Crippen LogP contribution in [0.1, 0.15) is 28.2 Å². The number of hydrogen-bond acceptors (Lipinski definition) is 3. The van der Waals surface area contributed by atoms with Crippen molar-refractivity contribution in [1.82, 2.24) is 9.97 Å². The minimum Gasteiger partial charge on any atom is -0.306 e. The normalized spacial score (nSPS) is 14.0. The lowest BCUT2D eigenvalue weighted by Gasteiger charge is -1.98. The lowest BCUT2D eigenvalue weighted by atomic mass is 10.2. The van der Waals surface area contributed by atoms with Crippen molar-refractivity contribution in [2.75, 3.05) is 0 Å². The van der Waals surface area contributed by atoms with Crippen LogP contribution in [-0.4, -0.2) is 9.97 Å². The van der Waals surface area contributed by atoms with Crippen LogP contribution in [0.2, 0.25) is 0 Å². The number of aryl methyl sites for hydroxylation is 2. The van der Waals surface area contributed by atoms with Crippen LogP contribution in [0.3, 0.4) is 0 Å². The summed E-state index contributed by atoms with van der Waals surface area (Å²) in [6.07, 6.45) is 7.05. The van der Waals surface area contributed by atoms with Crippen molar-refractivity contribution in [1.29, 1.82) is 0 Å². The predicted molar refractivity (Wildman–Crippen MR) is 95.3 cm³/mol. The second kappa shape index (κ2) is 5.48. The average Bonchev–Trinajstić information content (AvgIpc) is 3.06. The SMILES string of the molecule is O=c1[nH]c(/C=C/c2ccccc2Br)nc2sc3c(c12)CCC3. The number of halogens is 1. The number of rotatable bonds is 2. The number of nitrogens with one attached hydrogen (secondary N) is 1. The Balaban J connectivity index is 1.77. The van der Waals surface area contributed by atoms with Crippen molar-refractivity contribution in [2.45, 2.75) is 19.3 Å². The van der Waals surface area contributed by atoms with Crippen molar-refractivity contribution in [3.05, 3.63) is 60.9 Å². The van der Waals surface area contributed by atoms with E-state index in [1.165, 1.54) is 10.4 Å². The molecule has 3 aromatic rings. The summed E-state index contributed by atoms with van der Waals surface area (Å²) in [7, 11) is 0. The van der Waals surface area contributed by atoms with E-state index in [0.717, 1.165) is 39.5 Å². The second-order valence-electron chi connectivity index (χ2n) is 5.34. The number of nitrogens with zero attached hydrogens (tertiary/aromatic N) is 1. The molecule has 0 atom stereocenters. The zero-order valence-corrected chi connectivity index (χ0v) is 14.1. The van der Waals surface area contributed by atoms with Crippen LogP contribution in [0.5, 0.6) is 0 Å². The summed E-state index contributed by atoms with van der Waals surface area (Å²) in [5.74, 6) is 0.605. The molecule has 5 heteroatoms. The van der Waals surface area contributed by atoms with E-state index >= 15 is 0 Å². The Morgan fingerprint density at radius 2 is 2.09 bits per heavy atom. The van der Waals surface area contributed by atoms with Gasteiger partial charge in [-0.25, -0.2) is 4.98 Å². The molecule has 0 unspecified atom stereocenters. The lowest BCUT2D eigenvalue weighted by molar-refractivity contribution is 0.916. The van der Waals surface area contributed by atoms with Crippen molar-refractivity contribution in [3.63, 3.8) is 0 Å². The van der Waals surface area contributed by atoms with Gasteiger partial charge in [0.15, 0.2) is 0 Å². The van der Waals surface area contributed by atoms with E-state index in [0.29, 0.717) is 5.82 Å². The van der Waals surface area contributed by atoms with Crippen LogP contribution in [0, 0.1) is 0 Å². The molecule has 0 radical (unpaired) electrons. The Hall–Kier alpha value is -1.72. The van der Waals surface area contributed by atoms with Gasteiger partial charge in [-0.1, -0.05) is 40.2 Å². The maximum atomic E-state index is 12.4. The highest BCUT2D eigenvalue weighted by atomic mass is 79.9. The molecule has 1 N–H and O–H groups in total. The van der Waals surface area contributed by atoms with Crippen LogP contribution in [0.15, 0.2) is 33.5 Å². The molecule has 22 heavy (non-hydrogen) atoms. The van der Waals surface area contributed by atoms with Gasteiger partial charge in [0, 0.05) is 9.35 Å². The molecule has 0 amide bonds. The number of hydrogen-bond donors (Lipinski definition) is 1. The van der Waals surface area contributed by atoms with E-state index in [-0.39, 0.29) is 5.56 Å². The van der Waals surface area contributed by atoms with Gasteiger partial charge in [-0.05, 0) is 42.5 Å². The fourth-order valence-corrected chi connectivity index (χ4v) is 4.56. The van der Waals surface area contributed by atoms with E-state index < -0.39 is 0 Å². The number of aromatic amines is 1. The number of benzene rings is 1. The molecule has 2 aromatic heterocycles. The lowest BCUT2D eigenvalue weighted by Crippen LogP contribution is -2.09. The van der Waals surface area contributed by atoms with Crippen LogP contribution in [0.25, 0.3) is 22.4 Å². The summed E-state index contributed by atoms with van der Waals surface area (Å²) >= 11 is 5.18. The smallest absolute Gasteiger partial charge is 0.260 e. The fourth-order valence-electron chi connectivity index (χ4n) is 2.88. The molecule has 0 bridgehead atoms. The molecule has 1 aliphatic rings. The summed E-state index contributed by atoms with van der Waals surface area (Å²) in [5.41, 5.74) is 2.25. The number of H-pyrrole nitrogens is 1. The molecule has 0 saturated carbocycles. The largest absolute Gasteiger partial charge is 0.306 e. The maximum Gasteiger partial charge on any atom is 0.260 e. The third kappa shape index (κ3) is 2.34. The average molecular weight is 373 g/mol. The summed E-state index contributed by atoms with van der Waals surface area (Å²) in [4.78, 5) is 22.1. The first-order chi connectivity index (χ1) is 10.7. The molecule has 3 nitrogen and oxygen atoms in total. The molecule has 4 rings (SSSR count). The highest BCUT2D eigenvalue weighted by Gasteiger charge is 2.20. The van der Waals surface area contributed by atoms with Crippen molar-refractivity contribution in [3.8, 4) is 0 Å². The molecule has 2 heterocycles. The van der Waals surface area contributed by atoms with Gasteiger partial charge in [0.2, 0.25) is 0 Å². The highest BCUT2D eigenvalue weighted by molar-refractivity contribution is 9.10. The third-order valence-electron chi connectivity index (χ3n) is 3.92. The van der Waals surface area contributed by atoms with Crippen LogP contribution < -0.4 is 5.56 Å². The van der Waals surface area contributed by atoms with Crippen molar-refractivity contribution in [2.24, 2.45) is 0 Å². The Bertz CT molecular complexity index is 955. The van der Waals surface area contributed by atoms with Gasteiger partial charge in [0.1, 0.15) is 10.7 Å². The molecule has 0 fully saturated rings. The predicted octanol–water partition coefficient (Wildman–Crippen LogP) is 4.41. The number of thiophene rings is 1. The minimum atomic E-state index is -0.0174. The van der Waals surface area contributed by atoms with Gasteiger partial charge >= 0.3 is 0 Å². The maximum absolute atomic E-state index is 12.4. The van der Waals surface area contributed by atoms with E-state index in [9.17, 15) is 4.79 Å². The van der Waals surface area contributed by atoms with Gasteiger partial charge in [0.05, 0.1) is 5.39 Å². The first-order valence-corrected chi connectivity index (χ1v) is 8.80. The van der Waals surface area contributed by atoms with Gasteiger partial charge < -0.3 is 4.98 Å². The molecule has 1 aromatic carbocycles. The summed E-state index contributed by atoms with van der Waals surface area (Å²) in [5, 5.41) is 0.801. The minimum absolute atomic E-state index is 0.0174.